The van der Waals surface area contributed by atoms with Crippen LogP contribution in [0.5, 0.6) is 0 Å². The van der Waals surface area contributed by atoms with E-state index in [1.165, 1.54) is 0 Å². The highest BCUT2D eigenvalue weighted by molar-refractivity contribution is 7.93. The van der Waals surface area contributed by atoms with E-state index in [2.05, 4.69) is 4.36 Å². The molecule has 0 spiro atoms. The van der Waals surface area contributed by atoms with Crippen molar-refractivity contribution in [2.75, 3.05) is 26.0 Å². The normalized spacial score (nSPS) is 16.1. The molecule has 0 saturated carbocycles. The molecule has 2 aromatic carbocycles. The minimum Gasteiger partial charge on any atom is -0.389 e. The van der Waals surface area contributed by atoms with Crippen molar-refractivity contribution in [2.45, 2.75) is 23.8 Å². The highest BCUT2D eigenvalue weighted by atomic mass is 32.2. The van der Waals surface area contributed by atoms with Crippen LogP contribution in [-0.2, 0) is 20.9 Å². The molecule has 2 aromatic rings. The van der Waals surface area contributed by atoms with Crippen molar-refractivity contribution in [1.29, 1.82) is 0 Å². The molecule has 0 aromatic heterocycles. The van der Waals surface area contributed by atoms with E-state index in [0.29, 0.717) is 24.5 Å². The predicted molar refractivity (Wildman–Crippen MR) is 97.7 cm³/mol. The summed E-state index contributed by atoms with van der Waals surface area (Å²) in [7, 11) is -1.13. The third-order valence-electron chi connectivity index (χ3n) is 3.64. The van der Waals surface area contributed by atoms with Crippen LogP contribution in [0.4, 0.5) is 0 Å². The molecule has 0 aliphatic rings. The highest BCUT2D eigenvalue weighted by Crippen LogP contribution is 2.22. The maximum absolute atomic E-state index is 13.5. The fourth-order valence-corrected chi connectivity index (χ4v) is 4.92. The minimum atomic E-state index is -2.72. The van der Waals surface area contributed by atoms with Crippen LogP contribution in [0.2, 0.25) is 0 Å². The van der Waals surface area contributed by atoms with Crippen LogP contribution in [0.3, 0.4) is 0 Å². The zero-order valence-electron chi connectivity index (χ0n) is 14.2. The first-order chi connectivity index (χ1) is 11.5. The van der Waals surface area contributed by atoms with Gasteiger partial charge in [-0.25, -0.2) is 8.57 Å². The third-order valence-corrected chi connectivity index (χ3v) is 6.26. The van der Waals surface area contributed by atoms with Gasteiger partial charge in [0.1, 0.15) is 0 Å². The monoisotopic (exact) mass is 347 g/mol. The first-order valence-electron chi connectivity index (χ1n) is 7.96. The summed E-state index contributed by atoms with van der Waals surface area (Å²) >= 11 is 0. The van der Waals surface area contributed by atoms with Crippen molar-refractivity contribution < 1.29 is 14.1 Å². The smallest absolute Gasteiger partial charge is 0.0786 e. The van der Waals surface area contributed by atoms with E-state index < -0.39 is 15.3 Å². The Bertz CT molecular complexity index is 736. The Kier molecular flexibility index (Phi) is 6.54. The van der Waals surface area contributed by atoms with Crippen LogP contribution >= 0.6 is 0 Å². The molecule has 4 nitrogen and oxygen atoms in total. The lowest BCUT2D eigenvalue weighted by Gasteiger charge is -2.25. The lowest BCUT2D eigenvalue weighted by atomic mass is 9.99. The van der Waals surface area contributed by atoms with Crippen molar-refractivity contribution in [2.24, 2.45) is 4.36 Å². The summed E-state index contributed by atoms with van der Waals surface area (Å²) in [5.41, 5.74) is -0.112. The average Bonchev–Trinajstić information content (AvgIpc) is 2.56. The summed E-state index contributed by atoms with van der Waals surface area (Å²) in [4.78, 5) is 0.648. The Morgan fingerprint density at radius 3 is 2.25 bits per heavy atom. The molecule has 2 atom stereocenters. The Morgan fingerprint density at radius 2 is 1.67 bits per heavy atom. The van der Waals surface area contributed by atoms with Crippen molar-refractivity contribution in [3.8, 4) is 0 Å². The van der Waals surface area contributed by atoms with Crippen LogP contribution in [0.15, 0.2) is 69.9 Å². The largest absolute Gasteiger partial charge is 0.389 e. The maximum Gasteiger partial charge on any atom is 0.0786 e. The number of aliphatic hydroxyl groups is 1. The van der Waals surface area contributed by atoms with Gasteiger partial charge in [-0.05, 0) is 24.6 Å². The molecule has 130 valence electrons. The van der Waals surface area contributed by atoms with Gasteiger partial charge in [-0.2, -0.15) is 0 Å². The highest BCUT2D eigenvalue weighted by Gasteiger charge is 2.28. The van der Waals surface area contributed by atoms with Crippen molar-refractivity contribution in [3.05, 3.63) is 66.2 Å². The van der Waals surface area contributed by atoms with E-state index in [4.69, 9.17) is 4.74 Å². The van der Waals surface area contributed by atoms with Gasteiger partial charge in [-0.1, -0.05) is 48.5 Å². The van der Waals surface area contributed by atoms with Gasteiger partial charge in [-0.15, -0.1) is 0 Å². The first kappa shape index (κ1) is 18.6. The Balaban J connectivity index is 2.28. The number of hydrogen-bond acceptors (Lipinski definition) is 4. The Labute approximate surface area is 144 Å². The molecular weight excluding hydrogens is 322 g/mol. The van der Waals surface area contributed by atoms with E-state index >= 15 is 0 Å². The molecule has 24 heavy (non-hydrogen) atoms. The number of rotatable bonds is 8. The lowest BCUT2D eigenvalue weighted by Crippen LogP contribution is -2.36. The van der Waals surface area contributed by atoms with Crippen molar-refractivity contribution >= 4 is 9.73 Å². The van der Waals surface area contributed by atoms with Crippen LogP contribution in [0, 0.1) is 0 Å². The molecule has 0 heterocycles. The number of benzene rings is 2. The van der Waals surface area contributed by atoms with Crippen LogP contribution in [-0.4, -0.2) is 40.9 Å². The van der Waals surface area contributed by atoms with E-state index in [1.807, 2.05) is 48.5 Å². The quantitative estimate of drug-likeness (QED) is 0.746. The summed E-state index contributed by atoms with van der Waals surface area (Å²) in [6.07, 6.45) is 0.428. The topological polar surface area (TPSA) is 58.9 Å². The zero-order chi connectivity index (χ0) is 17.5. The van der Waals surface area contributed by atoms with Gasteiger partial charge in [0, 0.05) is 18.4 Å². The van der Waals surface area contributed by atoms with Crippen molar-refractivity contribution in [3.63, 3.8) is 0 Å². The Morgan fingerprint density at radius 1 is 1.08 bits per heavy atom. The van der Waals surface area contributed by atoms with E-state index in [-0.39, 0.29) is 5.75 Å². The average molecular weight is 347 g/mol. The van der Waals surface area contributed by atoms with E-state index in [0.717, 1.165) is 5.56 Å². The zero-order valence-corrected chi connectivity index (χ0v) is 15.0. The van der Waals surface area contributed by atoms with Crippen LogP contribution in [0.1, 0.15) is 12.5 Å². The number of methoxy groups -OCH3 is 1. The van der Waals surface area contributed by atoms with Gasteiger partial charge in [0.25, 0.3) is 0 Å². The number of hydrogen-bond donors (Lipinski definition) is 1. The van der Waals surface area contributed by atoms with Gasteiger partial charge in [0.05, 0.1) is 34.2 Å². The van der Waals surface area contributed by atoms with E-state index in [1.54, 1.807) is 26.2 Å². The molecule has 2 rings (SSSR count). The van der Waals surface area contributed by atoms with E-state index in [9.17, 15) is 9.32 Å². The van der Waals surface area contributed by atoms with Gasteiger partial charge in [-0.3, -0.25) is 0 Å². The van der Waals surface area contributed by atoms with Gasteiger partial charge in [0.15, 0.2) is 0 Å². The maximum atomic E-state index is 13.5. The van der Waals surface area contributed by atoms with Crippen LogP contribution < -0.4 is 0 Å². The summed E-state index contributed by atoms with van der Waals surface area (Å²) < 4.78 is 22.9. The predicted octanol–water partition coefficient (Wildman–Crippen LogP) is 3.15. The fraction of sp³-hybridized carbons (Fsp3) is 0.368. The van der Waals surface area contributed by atoms with Crippen molar-refractivity contribution in [1.82, 2.24) is 0 Å². The molecule has 0 saturated heterocycles. The number of nitrogens with zero attached hydrogens (tertiary/aromatic N) is 1. The SMILES string of the molecule is COCCN=[S@](=O)(CC(C)(O)Cc1ccccc1)c1ccccc1. The summed E-state index contributed by atoms with van der Waals surface area (Å²) in [6, 6.07) is 18.9. The molecule has 0 amide bonds. The van der Waals surface area contributed by atoms with Gasteiger partial charge < -0.3 is 9.84 Å². The summed E-state index contributed by atoms with van der Waals surface area (Å²) in [6.45, 7) is 2.46. The second-order valence-corrected chi connectivity index (χ2v) is 8.40. The molecule has 1 unspecified atom stereocenters. The molecule has 0 aliphatic heterocycles. The molecule has 0 radical (unpaired) electrons. The fourth-order valence-electron chi connectivity index (χ4n) is 2.62. The van der Waals surface area contributed by atoms with Gasteiger partial charge in [0.2, 0.25) is 0 Å². The second kappa shape index (κ2) is 8.42. The summed E-state index contributed by atoms with van der Waals surface area (Å²) in [5, 5.41) is 10.9. The molecule has 0 bridgehead atoms. The lowest BCUT2D eigenvalue weighted by molar-refractivity contribution is 0.0848. The van der Waals surface area contributed by atoms with Gasteiger partial charge >= 0.3 is 0 Å². The third kappa shape index (κ3) is 5.44. The second-order valence-electron chi connectivity index (χ2n) is 6.10. The molecule has 5 heteroatoms. The molecule has 0 aliphatic carbocycles. The Hall–Kier alpha value is -1.69. The first-order valence-corrected chi connectivity index (χ1v) is 9.64. The molecule has 1 N–H and O–H groups in total. The number of ether oxygens (including phenoxy) is 1. The molecular formula is C19H25NO3S. The minimum absolute atomic E-state index is 0.0859. The molecule has 0 fully saturated rings. The standard InChI is InChI=1S/C19H25NO3S/c1-19(21,15-17-9-5-3-6-10-17)16-24(22,20-13-14-23-2)18-11-7-4-8-12-18/h3-12,21H,13-16H2,1-2H3/t19?,24-/m0/s1. The van der Waals surface area contributed by atoms with Crippen LogP contribution in [0.25, 0.3) is 0 Å². The summed E-state index contributed by atoms with van der Waals surface area (Å²) in [5.74, 6) is 0.0859.